The molecule has 0 aliphatic carbocycles. The first kappa shape index (κ1) is 28.0. The largest absolute Gasteiger partial charge is 0.464 e. The van der Waals surface area contributed by atoms with Crippen molar-refractivity contribution in [3.63, 3.8) is 0 Å². The van der Waals surface area contributed by atoms with Gasteiger partial charge in [0.2, 0.25) is 0 Å². The summed E-state index contributed by atoms with van der Waals surface area (Å²) in [5, 5.41) is 2.69. The van der Waals surface area contributed by atoms with Gasteiger partial charge in [0.15, 0.2) is 0 Å². The van der Waals surface area contributed by atoms with Crippen LogP contribution in [0.25, 0.3) is 0 Å². The molecule has 182 valence electrons. The maximum atomic E-state index is 12.7. The number of hydrogen-bond acceptors (Lipinski definition) is 4. The molecule has 5 heteroatoms. The highest BCUT2D eigenvalue weighted by atomic mass is 16.6. The van der Waals surface area contributed by atoms with E-state index in [-0.39, 0.29) is 12.0 Å². The van der Waals surface area contributed by atoms with Gasteiger partial charge in [0.25, 0.3) is 0 Å². The van der Waals surface area contributed by atoms with Gasteiger partial charge in [0.05, 0.1) is 13.2 Å². The number of ether oxygens (including phenoxy) is 2. The summed E-state index contributed by atoms with van der Waals surface area (Å²) in [7, 11) is 0. The normalized spacial score (nSPS) is 12.2. The Balaban J connectivity index is 2.34. The minimum Gasteiger partial charge on any atom is -0.464 e. The molecule has 0 bridgehead atoms. The van der Waals surface area contributed by atoms with Crippen molar-refractivity contribution in [1.82, 2.24) is 5.32 Å². The van der Waals surface area contributed by atoms with Crippen LogP contribution in [0.5, 0.6) is 0 Å². The van der Waals surface area contributed by atoms with Gasteiger partial charge in [-0.3, -0.25) is 0 Å². The smallest absolute Gasteiger partial charge is 0.407 e. The van der Waals surface area contributed by atoms with Gasteiger partial charge in [-0.1, -0.05) is 116 Å². The van der Waals surface area contributed by atoms with Gasteiger partial charge in [-0.25, -0.2) is 9.59 Å². The van der Waals surface area contributed by atoms with Crippen LogP contribution in [0.4, 0.5) is 4.79 Å². The molecule has 1 amide bonds. The number of carbonyl (C=O) groups is 2. The Labute approximate surface area is 195 Å². The van der Waals surface area contributed by atoms with Crippen LogP contribution < -0.4 is 5.32 Å². The third-order valence-corrected chi connectivity index (χ3v) is 5.24. The summed E-state index contributed by atoms with van der Waals surface area (Å²) >= 11 is 0. The fourth-order valence-electron chi connectivity index (χ4n) is 3.37. The summed E-state index contributed by atoms with van der Waals surface area (Å²) < 4.78 is 10.8. The highest BCUT2D eigenvalue weighted by Gasteiger charge is 2.24. The molecular formula is C27H45NO4. The van der Waals surface area contributed by atoms with Crippen molar-refractivity contribution < 1.29 is 19.1 Å². The van der Waals surface area contributed by atoms with Crippen LogP contribution in [0, 0.1) is 5.41 Å². The van der Waals surface area contributed by atoms with E-state index in [1.165, 1.54) is 51.4 Å². The summed E-state index contributed by atoms with van der Waals surface area (Å²) in [6.07, 6.45) is 12.1. The summed E-state index contributed by atoms with van der Waals surface area (Å²) in [5.74, 6) is -0.405. The molecule has 0 aromatic heterocycles. The molecule has 1 atom stereocenters. The number of esters is 1. The molecule has 1 rings (SSSR count). The van der Waals surface area contributed by atoms with E-state index < -0.39 is 18.1 Å². The molecule has 0 spiro atoms. The summed E-state index contributed by atoms with van der Waals surface area (Å²) in [6.45, 7) is 8.88. The number of nitrogens with one attached hydrogen (secondary N) is 1. The van der Waals surface area contributed by atoms with E-state index in [0.717, 1.165) is 18.4 Å². The molecule has 0 aliphatic rings. The van der Waals surface area contributed by atoms with Gasteiger partial charge in [-0.05, 0) is 17.4 Å². The third kappa shape index (κ3) is 14.9. The average molecular weight is 448 g/mol. The van der Waals surface area contributed by atoms with Gasteiger partial charge in [0, 0.05) is 6.42 Å². The van der Waals surface area contributed by atoms with E-state index in [0.29, 0.717) is 13.0 Å². The van der Waals surface area contributed by atoms with Crippen molar-refractivity contribution in [3.05, 3.63) is 35.9 Å². The zero-order chi connectivity index (χ0) is 23.7. The van der Waals surface area contributed by atoms with Crippen LogP contribution in [-0.2, 0) is 20.7 Å². The Morgan fingerprint density at radius 1 is 0.844 bits per heavy atom. The lowest BCUT2D eigenvalue weighted by Gasteiger charge is -2.21. The Morgan fingerprint density at radius 3 is 1.97 bits per heavy atom. The van der Waals surface area contributed by atoms with Crippen LogP contribution in [0.2, 0.25) is 0 Å². The quantitative estimate of drug-likeness (QED) is 0.223. The van der Waals surface area contributed by atoms with Gasteiger partial charge < -0.3 is 14.8 Å². The molecule has 0 radical (unpaired) electrons. The number of hydrogen-bond donors (Lipinski definition) is 1. The predicted octanol–water partition coefficient (Wildman–Crippen LogP) is 6.83. The molecule has 0 saturated carbocycles. The van der Waals surface area contributed by atoms with E-state index >= 15 is 0 Å². The monoisotopic (exact) mass is 447 g/mol. The number of unbranched alkanes of at least 4 members (excludes halogenated alkanes) is 9. The van der Waals surface area contributed by atoms with Crippen molar-refractivity contribution in [2.24, 2.45) is 5.41 Å². The predicted molar refractivity (Wildman–Crippen MR) is 131 cm³/mol. The molecule has 1 aromatic rings. The molecular weight excluding hydrogens is 402 g/mol. The van der Waals surface area contributed by atoms with Crippen molar-refractivity contribution in [3.8, 4) is 0 Å². The lowest BCUT2D eigenvalue weighted by molar-refractivity contribution is -0.146. The minimum atomic E-state index is -0.756. The molecule has 0 saturated heterocycles. The molecule has 5 nitrogen and oxygen atoms in total. The van der Waals surface area contributed by atoms with Gasteiger partial charge in [-0.15, -0.1) is 0 Å². The molecule has 1 N–H and O–H groups in total. The highest BCUT2D eigenvalue weighted by Crippen LogP contribution is 2.14. The molecule has 1 unspecified atom stereocenters. The van der Waals surface area contributed by atoms with E-state index in [9.17, 15) is 9.59 Å². The van der Waals surface area contributed by atoms with Crippen molar-refractivity contribution in [2.75, 3.05) is 13.2 Å². The zero-order valence-electron chi connectivity index (χ0n) is 20.8. The maximum absolute atomic E-state index is 12.7. The Kier molecular flexibility index (Phi) is 14.5. The Morgan fingerprint density at radius 2 is 1.41 bits per heavy atom. The summed E-state index contributed by atoms with van der Waals surface area (Å²) in [6, 6.07) is 8.87. The second-order valence-corrected chi connectivity index (χ2v) is 9.87. The molecule has 0 fully saturated rings. The standard InChI is InChI=1S/C27H45NO4/c1-5-6-7-8-9-10-11-12-13-17-20-31-25(29)24(21-23-18-15-14-16-19-23)28-26(30)32-22-27(2,3)4/h14-16,18-19,24H,5-13,17,20-22H2,1-4H3,(H,28,30). The second kappa shape index (κ2) is 16.6. The van der Waals surface area contributed by atoms with E-state index in [2.05, 4.69) is 12.2 Å². The summed E-state index contributed by atoms with van der Waals surface area (Å²) in [5.41, 5.74) is 0.826. The number of carbonyl (C=O) groups excluding carboxylic acids is 2. The first-order valence-corrected chi connectivity index (χ1v) is 12.5. The molecule has 1 aromatic carbocycles. The average Bonchev–Trinajstić information content (AvgIpc) is 2.75. The van der Waals surface area contributed by atoms with Gasteiger partial charge in [0.1, 0.15) is 6.04 Å². The van der Waals surface area contributed by atoms with Crippen LogP contribution in [0.15, 0.2) is 30.3 Å². The first-order valence-electron chi connectivity index (χ1n) is 12.5. The van der Waals surface area contributed by atoms with Crippen LogP contribution in [0.1, 0.15) is 97.5 Å². The van der Waals surface area contributed by atoms with Crippen LogP contribution in [-0.4, -0.2) is 31.3 Å². The molecule has 0 aliphatic heterocycles. The lowest BCUT2D eigenvalue weighted by Crippen LogP contribution is -2.44. The molecule has 0 heterocycles. The SMILES string of the molecule is CCCCCCCCCCCCOC(=O)C(Cc1ccccc1)NC(=O)OCC(C)(C)C. The van der Waals surface area contributed by atoms with Crippen molar-refractivity contribution in [2.45, 2.75) is 104 Å². The van der Waals surface area contributed by atoms with E-state index in [1.807, 2.05) is 51.1 Å². The number of rotatable bonds is 16. The first-order chi connectivity index (χ1) is 15.3. The Hall–Kier alpha value is -2.04. The minimum absolute atomic E-state index is 0.137. The topological polar surface area (TPSA) is 64.6 Å². The van der Waals surface area contributed by atoms with Gasteiger partial charge >= 0.3 is 12.1 Å². The zero-order valence-corrected chi connectivity index (χ0v) is 20.8. The van der Waals surface area contributed by atoms with Crippen LogP contribution >= 0.6 is 0 Å². The van der Waals surface area contributed by atoms with Gasteiger partial charge in [-0.2, -0.15) is 0 Å². The fraction of sp³-hybridized carbons (Fsp3) is 0.704. The number of benzene rings is 1. The summed E-state index contributed by atoms with van der Waals surface area (Å²) in [4.78, 5) is 24.9. The number of amides is 1. The number of alkyl carbamates (subject to hydrolysis) is 1. The van der Waals surface area contributed by atoms with Crippen molar-refractivity contribution in [1.29, 1.82) is 0 Å². The third-order valence-electron chi connectivity index (χ3n) is 5.24. The highest BCUT2D eigenvalue weighted by molar-refractivity contribution is 5.81. The lowest BCUT2D eigenvalue weighted by atomic mass is 9.99. The second-order valence-electron chi connectivity index (χ2n) is 9.87. The molecule has 32 heavy (non-hydrogen) atoms. The fourth-order valence-corrected chi connectivity index (χ4v) is 3.37. The van der Waals surface area contributed by atoms with Crippen molar-refractivity contribution >= 4 is 12.1 Å². The Bertz CT molecular complexity index is 624. The van der Waals surface area contributed by atoms with E-state index in [1.54, 1.807) is 0 Å². The maximum Gasteiger partial charge on any atom is 0.407 e. The van der Waals surface area contributed by atoms with Crippen LogP contribution in [0.3, 0.4) is 0 Å². The van der Waals surface area contributed by atoms with E-state index in [4.69, 9.17) is 9.47 Å².